The van der Waals surface area contributed by atoms with Crippen molar-refractivity contribution in [3.8, 4) is 0 Å². The summed E-state index contributed by atoms with van der Waals surface area (Å²) < 4.78 is 0. The van der Waals surface area contributed by atoms with Crippen LogP contribution >= 0.6 is 0 Å². The molecular weight excluding hydrogens is 290 g/mol. The molecular formula is C18H15N3O2. The third kappa shape index (κ3) is 2.40. The zero-order valence-electron chi connectivity index (χ0n) is 12.5. The highest BCUT2D eigenvalue weighted by Crippen LogP contribution is 2.23. The van der Waals surface area contributed by atoms with E-state index in [1.807, 2.05) is 29.2 Å². The quantitative estimate of drug-likeness (QED) is 0.787. The van der Waals surface area contributed by atoms with Crippen LogP contribution < -0.4 is 5.56 Å². The highest BCUT2D eigenvalue weighted by atomic mass is 16.2. The fraction of sp³-hybridized carbons (Fsp3) is 0.167. The molecule has 0 saturated heterocycles. The van der Waals surface area contributed by atoms with E-state index in [1.165, 1.54) is 11.1 Å². The van der Waals surface area contributed by atoms with Crippen LogP contribution in [0.15, 0.2) is 53.3 Å². The molecule has 23 heavy (non-hydrogen) atoms. The van der Waals surface area contributed by atoms with E-state index in [0.717, 1.165) is 5.39 Å². The number of hydrogen-bond acceptors (Lipinski definition) is 3. The van der Waals surface area contributed by atoms with Crippen molar-refractivity contribution in [2.45, 2.75) is 19.5 Å². The summed E-state index contributed by atoms with van der Waals surface area (Å²) in [5.41, 5.74) is 2.77. The van der Waals surface area contributed by atoms with Crippen molar-refractivity contribution in [2.75, 3.05) is 0 Å². The first-order chi connectivity index (χ1) is 11.2. The number of aromatic amines is 1. The summed E-state index contributed by atoms with van der Waals surface area (Å²) in [6.07, 6.45) is 0.186. The summed E-state index contributed by atoms with van der Waals surface area (Å²) >= 11 is 0. The number of aromatic nitrogens is 2. The molecule has 1 N–H and O–H groups in total. The lowest BCUT2D eigenvalue weighted by molar-refractivity contribution is -0.131. The van der Waals surface area contributed by atoms with Gasteiger partial charge in [-0.1, -0.05) is 42.5 Å². The Morgan fingerprint density at radius 3 is 2.30 bits per heavy atom. The minimum absolute atomic E-state index is 0.0194. The summed E-state index contributed by atoms with van der Waals surface area (Å²) in [4.78, 5) is 26.2. The molecule has 1 aliphatic heterocycles. The normalized spacial score (nSPS) is 13.3. The summed E-state index contributed by atoms with van der Waals surface area (Å²) in [6, 6.07) is 15.3. The number of hydrogen-bond donors (Lipinski definition) is 1. The topological polar surface area (TPSA) is 66.1 Å². The second-order valence-corrected chi connectivity index (χ2v) is 5.74. The average molecular weight is 305 g/mol. The SMILES string of the molecule is O=C(Cc1n[nH]c(=O)c2ccccc12)N1Cc2ccccc2C1. The molecule has 1 aromatic heterocycles. The highest BCUT2D eigenvalue weighted by molar-refractivity contribution is 5.88. The van der Waals surface area contributed by atoms with Gasteiger partial charge in [-0.15, -0.1) is 0 Å². The van der Waals surface area contributed by atoms with E-state index in [1.54, 1.807) is 12.1 Å². The fourth-order valence-electron chi connectivity index (χ4n) is 3.07. The zero-order valence-corrected chi connectivity index (χ0v) is 12.5. The Morgan fingerprint density at radius 2 is 1.61 bits per heavy atom. The summed E-state index contributed by atoms with van der Waals surface area (Å²) in [7, 11) is 0. The van der Waals surface area contributed by atoms with Crippen LogP contribution in [-0.2, 0) is 24.3 Å². The number of carbonyl (C=O) groups is 1. The minimum atomic E-state index is -0.231. The third-order valence-electron chi connectivity index (χ3n) is 4.29. The summed E-state index contributed by atoms with van der Waals surface area (Å²) in [5, 5.41) is 7.86. The van der Waals surface area contributed by atoms with Crippen molar-refractivity contribution in [3.05, 3.63) is 75.7 Å². The molecule has 0 atom stereocenters. The predicted molar refractivity (Wildman–Crippen MR) is 86.8 cm³/mol. The van der Waals surface area contributed by atoms with Crippen molar-refractivity contribution >= 4 is 16.7 Å². The lowest BCUT2D eigenvalue weighted by Gasteiger charge is -2.15. The van der Waals surface area contributed by atoms with E-state index in [2.05, 4.69) is 22.3 Å². The third-order valence-corrected chi connectivity index (χ3v) is 4.29. The van der Waals surface area contributed by atoms with Crippen LogP contribution in [0.25, 0.3) is 10.8 Å². The van der Waals surface area contributed by atoms with Gasteiger partial charge in [-0.2, -0.15) is 5.10 Å². The van der Waals surface area contributed by atoms with E-state index in [4.69, 9.17) is 0 Å². The van der Waals surface area contributed by atoms with Crippen LogP contribution in [0.1, 0.15) is 16.8 Å². The largest absolute Gasteiger partial charge is 0.334 e. The molecule has 1 amide bonds. The number of H-pyrrole nitrogens is 1. The summed E-state index contributed by atoms with van der Waals surface area (Å²) in [6.45, 7) is 1.27. The van der Waals surface area contributed by atoms with Gasteiger partial charge in [0.1, 0.15) is 0 Å². The maximum atomic E-state index is 12.6. The fourth-order valence-corrected chi connectivity index (χ4v) is 3.07. The van der Waals surface area contributed by atoms with Crippen LogP contribution in [0.4, 0.5) is 0 Å². The Kier molecular flexibility index (Phi) is 3.19. The van der Waals surface area contributed by atoms with Gasteiger partial charge in [0.05, 0.1) is 17.5 Å². The molecule has 0 unspecified atom stereocenters. The minimum Gasteiger partial charge on any atom is -0.334 e. The summed E-state index contributed by atoms with van der Waals surface area (Å²) in [5.74, 6) is 0.0194. The predicted octanol–water partition coefficient (Wildman–Crippen LogP) is 2.01. The van der Waals surface area contributed by atoms with Crippen LogP contribution in [0, 0.1) is 0 Å². The Labute approximate surface area is 132 Å². The molecule has 4 rings (SSSR count). The molecule has 114 valence electrons. The first kappa shape index (κ1) is 13.7. The average Bonchev–Trinajstić information content (AvgIpc) is 3.02. The maximum absolute atomic E-state index is 12.6. The molecule has 0 fully saturated rings. The van der Waals surface area contributed by atoms with Gasteiger partial charge in [-0.25, -0.2) is 5.10 Å². The molecule has 0 bridgehead atoms. The van der Waals surface area contributed by atoms with Crippen LogP contribution in [0.2, 0.25) is 0 Å². The van der Waals surface area contributed by atoms with Crippen LogP contribution in [-0.4, -0.2) is 21.0 Å². The molecule has 1 aliphatic rings. The van der Waals surface area contributed by atoms with Crippen LogP contribution in [0.5, 0.6) is 0 Å². The number of nitrogens with one attached hydrogen (secondary N) is 1. The van der Waals surface area contributed by atoms with Crippen molar-refractivity contribution in [1.82, 2.24) is 15.1 Å². The van der Waals surface area contributed by atoms with E-state index in [-0.39, 0.29) is 17.9 Å². The van der Waals surface area contributed by atoms with Gasteiger partial charge in [0.2, 0.25) is 5.91 Å². The number of rotatable bonds is 2. The van der Waals surface area contributed by atoms with Gasteiger partial charge in [0, 0.05) is 18.5 Å². The number of carbonyl (C=O) groups excluding carboxylic acids is 1. The Bertz CT molecular complexity index is 937. The lowest BCUT2D eigenvalue weighted by atomic mass is 10.1. The molecule has 5 nitrogen and oxygen atoms in total. The molecule has 3 aromatic rings. The highest BCUT2D eigenvalue weighted by Gasteiger charge is 2.23. The van der Waals surface area contributed by atoms with Gasteiger partial charge >= 0.3 is 0 Å². The van der Waals surface area contributed by atoms with E-state index in [9.17, 15) is 9.59 Å². The monoisotopic (exact) mass is 305 g/mol. The van der Waals surface area contributed by atoms with E-state index < -0.39 is 0 Å². The molecule has 0 radical (unpaired) electrons. The van der Waals surface area contributed by atoms with Crippen LogP contribution in [0.3, 0.4) is 0 Å². The second-order valence-electron chi connectivity index (χ2n) is 5.74. The van der Waals surface area contributed by atoms with E-state index >= 15 is 0 Å². The molecule has 0 spiro atoms. The Hall–Kier alpha value is -2.95. The van der Waals surface area contributed by atoms with Gasteiger partial charge in [0.15, 0.2) is 0 Å². The van der Waals surface area contributed by atoms with E-state index in [0.29, 0.717) is 24.2 Å². The van der Waals surface area contributed by atoms with Crippen molar-refractivity contribution in [2.24, 2.45) is 0 Å². The number of benzene rings is 2. The number of amides is 1. The van der Waals surface area contributed by atoms with Crippen molar-refractivity contribution in [3.63, 3.8) is 0 Å². The van der Waals surface area contributed by atoms with Crippen molar-refractivity contribution in [1.29, 1.82) is 0 Å². The van der Waals surface area contributed by atoms with Gasteiger partial charge in [-0.05, 0) is 17.2 Å². The first-order valence-electron chi connectivity index (χ1n) is 7.53. The first-order valence-corrected chi connectivity index (χ1v) is 7.53. The molecule has 0 saturated carbocycles. The Balaban J connectivity index is 1.61. The smallest absolute Gasteiger partial charge is 0.272 e. The Morgan fingerprint density at radius 1 is 1.00 bits per heavy atom. The zero-order chi connectivity index (χ0) is 15.8. The maximum Gasteiger partial charge on any atom is 0.272 e. The second kappa shape index (κ2) is 5.35. The molecule has 0 aliphatic carbocycles. The van der Waals surface area contributed by atoms with Gasteiger partial charge in [0.25, 0.3) is 5.56 Å². The lowest BCUT2D eigenvalue weighted by Crippen LogP contribution is -2.28. The number of fused-ring (bicyclic) bond motifs is 2. The number of nitrogens with zero attached hydrogens (tertiary/aromatic N) is 2. The van der Waals surface area contributed by atoms with Gasteiger partial charge in [-0.3, -0.25) is 9.59 Å². The standard InChI is InChI=1S/C18H15N3O2/c22-17(21-10-12-5-1-2-6-13(12)11-21)9-16-14-7-3-4-8-15(14)18(23)20-19-16/h1-8H,9-11H2,(H,20,23). The molecule has 2 aromatic carbocycles. The molecule has 5 heteroatoms. The van der Waals surface area contributed by atoms with Crippen molar-refractivity contribution < 1.29 is 4.79 Å². The van der Waals surface area contributed by atoms with Gasteiger partial charge < -0.3 is 4.90 Å². The molecule has 2 heterocycles.